The molecule has 0 fully saturated rings. The summed E-state index contributed by atoms with van der Waals surface area (Å²) in [5.41, 5.74) is 9.17. The summed E-state index contributed by atoms with van der Waals surface area (Å²) in [4.78, 5) is 14.8. The lowest BCUT2D eigenvalue weighted by Crippen LogP contribution is -2.00. The fourth-order valence-electron chi connectivity index (χ4n) is 6.48. The van der Waals surface area contributed by atoms with E-state index in [0.29, 0.717) is 17.5 Å². The van der Waals surface area contributed by atoms with Gasteiger partial charge in [-0.05, 0) is 51.9 Å². The highest BCUT2D eigenvalue weighted by atomic mass is 16.3. The van der Waals surface area contributed by atoms with E-state index in [1.54, 1.807) is 0 Å². The zero-order valence-electron chi connectivity index (χ0n) is 25.3. The maximum atomic E-state index is 6.26. The molecule has 0 atom stereocenters. The molecular formula is C43H27N3O. The van der Waals surface area contributed by atoms with Crippen molar-refractivity contribution in [2.75, 3.05) is 0 Å². The summed E-state index contributed by atoms with van der Waals surface area (Å²) in [7, 11) is 0. The van der Waals surface area contributed by atoms with E-state index < -0.39 is 0 Å². The second-order valence-electron chi connectivity index (χ2n) is 11.6. The lowest BCUT2D eigenvalue weighted by molar-refractivity contribution is 0.669. The Hall–Kier alpha value is -6.39. The molecule has 4 nitrogen and oxygen atoms in total. The Bertz CT molecular complexity index is 2510. The van der Waals surface area contributed by atoms with Crippen LogP contribution in [0.2, 0.25) is 0 Å². The van der Waals surface area contributed by atoms with E-state index in [9.17, 15) is 0 Å². The summed E-state index contributed by atoms with van der Waals surface area (Å²) in [5.74, 6) is 1.94. The number of hydrogen-bond acceptors (Lipinski definition) is 4. The highest BCUT2D eigenvalue weighted by Crippen LogP contribution is 2.40. The maximum absolute atomic E-state index is 6.26. The molecule has 47 heavy (non-hydrogen) atoms. The summed E-state index contributed by atoms with van der Waals surface area (Å²) in [6.45, 7) is 0. The van der Waals surface area contributed by atoms with Crippen molar-refractivity contribution in [2.45, 2.75) is 0 Å². The summed E-state index contributed by atoms with van der Waals surface area (Å²) in [6, 6.07) is 56.4. The molecular weight excluding hydrogens is 574 g/mol. The molecule has 0 N–H and O–H groups in total. The number of furan rings is 1. The Morgan fingerprint density at radius 2 is 0.872 bits per heavy atom. The normalized spacial score (nSPS) is 11.4. The zero-order valence-corrected chi connectivity index (χ0v) is 25.3. The fraction of sp³-hybridized carbons (Fsp3) is 0. The predicted molar refractivity (Wildman–Crippen MR) is 192 cm³/mol. The van der Waals surface area contributed by atoms with Crippen molar-refractivity contribution in [3.8, 4) is 56.4 Å². The van der Waals surface area contributed by atoms with Crippen molar-refractivity contribution in [3.63, 3.8) is 0 Å². The standard InChI is InChI=1S/C43H27N3O/c1-3-12-29(13-4-1)41-44-42(30-14-5-2-6-15-30)46-43(45-41)34-20-10-18-32(27-34)31-17-9-19-33(26-31)35-22-11-16-28-24-25-38-40(39(28)35)36-21-7-8-23-37(36)47-38/h1-27H. The van der Waals surface area contributed by atoms with Gasteiger partial charge < -0.3 is 4.42 Å². The summed E-state index contributed by atoms with van der Waals surface area (Å²) >= 11 is 0. The van der Waals surface area contributed by atoms with Gasteiger partial charge in [0.15, 0.2) is 17.5 Å². The van der Waals surface area contributed by atoms with Gasteiger partial charge in [0.05, 0.1) is 0 Å². The molecule has 0 aliphatic carbocycles. The Balaban J connectivity index is 1.17. The van der Waals surface area contributed by atoms with Crippen LogP contribution in [0.3, 0.4) is 0 Å². The van der Waals surface area contributed by atoms with Gasteiger partial charge >= 0.3 is 0 Å². The van der Waals surface area contributed by atoms with Crippen LogP contribution in [0.15, 0.2) is 168 Å². The molecule has 7 aromatic carbocycles. The molecule has 0 radical (unpaired) electrons. The average molecular weight is 602 g/mol. The van der Waals surface area contributed by atoms with E-state index in [1.807, 2.05) is 72.8 Å². The van der Waals surface area contributed by atoms with Crippen LogP contribution in [0.1, 0.15) is 0 Å². The van der Waals surface area contributed by atoms with Crippen molar-refractivity contribution in [3.05, 3.63) is 164 Å². The van der Waals surface area contributed by atoms with Crippen LogP contribution in [0, 0.1) is 0 Å². The molecule has 0 spiro atoms. The smallest absolute Gasteiger partial charge is 0.164 e. The van der Waals surface area contributed by atoms with Gasteiger partial charge in [0.2, 0.25) is 0 Å². The first kappa shape index (κ1) is 27.0. The van der Waals surface area contributed by atoms with Gasteiger partial charge in [-0.25, -0.2) is 15.0 Å². The van der Waals surface area contributed by atoms with E-state index >= 15 is 0 Å². The lowest BCUT2D eigenvalue weighted by atomic mass is 9.92. The average Bonchev–Trinajstić information content (AvgIpc) is 3.54. The Morgan fingerprint density at radius 3 is 1.57 bits per heavy atom. The number of rotatable bonds is 5. The number of fused-ring (bicyclic) bond motifs is 5. The molecule has 0 aliphatic heterocycles. The van der Waals surface area contributed by atoms with Crippen molar-refractivity contribution >= 4 is 32.7 Å². The topological polar surface area (TPSA) is 51.8 Å². The third kappa shape index (κ3) is 4.84. The van der Waals surface area contributed by atoms with Crippen LogP contribution in [-0.2, 0) is 0 Å². The maximum Gasteiger partial charge on any atom is 0.164 e. The SMILES string of the molecule is c1ccc(-c2nc(-c3ccccc3)nc(-c3cccc(-c4cccc(-c5cccc6ccc7oc8ccccc8c7c56)c4)c3)n2)cc1. The first-order chi connectivity index (χ1) is 23.3. The van der Waals surface area contributed by atoms with Crippen LogP contribution in [0.5, 0.6) is 0 Å². The number of para-hydroxylation sites is 1. The highest BCUT2D eigenvalue weighted by Gasteiger charge is 2.16. The van der Waals surface area contributed by atoms with Crippen molar-refractivity contribution in [1.82, 2.24) is 15.0 Å². The van der Waals surface area contributed by atoms with Crippen LogP contribution >= 0.6 is 0 Å². The van der Waals surface area contributed by atoms with Crippen LogP contribution in [0.4, 0.5) is 0 Å². The Morgan fingerprint density at radius 1 is 0.340 bits per heavy atom. The Kier molecular flexibility index (Phi) is 6.43. The molecule has 220 valence electrons. The highest BCUT2D eigenvalue weighted by molar-refractivity contribution is 6.22. The molecule has 4 heteroatoms. The first-order valence-corrected chi connectivity index (χ1v) is 15.7. The monoisotopic (exact) mass is 601 g/mol. The largest absolute Gasteiger partial charge is 0.456 e. The van der Waals surface area contributed by atoms with Crippen LogP contribution in [-0.4, -0.2) is 15.0 Å². The quantitative estimate of drug-likeness (QED) is 0.197. The van der Waals surface area contributed by atoms with E-state index in [4.69, 9.17) is 19.4 Å². The molecule has 2 heterocycles. The Labute approximate surface area is 271 Å². The predicted octanol–water partition coefficient (Wildman–Crippen LogP) is 11.3. The molecule has 0 aliphatic rings. The molecule has 0 saturated carbocycles. The lowest BCUT2D eigenvalue weighted by Gasteiger charge is -2.12. The zero-order chi connectivity index (χ0) is 31.2. The third-order valence-electron chi connectivity index (χ3n) is 8.71. The molecule has 0 saturated heterocycles. The van der Waals surface area contributed by atoms with Crippen LogP contribution in [0.25, 0.3) is 89.1 Å². The minimum atomic E-state index is 0.638. The first-order valence-electron chi connectivity index (χ1n) is 15.7. The van der Waals surface area contributed by atoms with Gasteiger partial charge in [-0.15, -0.1) is 0 Å². The van der Waals surface area contributed by atoms with Gasteiger partial charge in [-0.2, -0.15) is 0 Å². The molecule has 0 bridgehead atoms. The second kappa shape index (κ2) is 11.2. The second-order valence-corrected chi connectivity index (χ2v) is 11.6. The van der Waals surface area contributed by atoms with E-state index in [-0.39, 0.29) is 0 Å². The van der Waals surface area contributed by atoms with Crippen molar-refractivity contribution in [1.29, 1.82) is 0 Å². The number of benzene rings is 7. The van der Waals surface area contributed by atoms with Gasteiger partial charge in [-0.3, -0.25) is 0 Å². The van der Waals surface area contributed by atoms with Gasteiger partial charge in [0, 0.05) is 32.8 Å². The molecule has 9 aromatic rings. The molecule has 0 unspecified atom stereocenters. The van der Waals surface area contributed by atoms with Gasteiger partial charge in [0.25, 0.3) is 0 Å². The molecule has 0 amide bonds. The van der Waals surface area contributed by atoms with Crippen molar-refractivity contribution in [2.24, 2.45) is 0 Å². The summed E-state index contributed by atoms with van der Waals surface area (Å²) in [6.07, 6.45) is 0. The molecule has 2 aromatic heterocycles. The van der Waals surface area contributed by atoms with E-state index in [2.05, 4.69) is 91.0 Å². The third-order valence-corrected chi connectivity index (χ3v) is 8.71. The van der Waals surface area contributed by atoms with E-state index in [0.717, 1.165) is 55.3 Å². The van der Waals surface area contributed by atoms with Crippen molar-refractivity contribution < 1.29 is 4.42 Å². The minimum Gasteiger partial charge on any atom is -0.456 e. The van der Waals surface area contributed by atoms with Gasteiger partial charge in [0.1, 0.15) is 11.2 Å². The summed E-state index contributed by atoms with van der Waals surface area (Å²) in [5, 5.41) is 4.67. The van der Waals surface area contributed by atoms with Gasteiger partial charge in [-0.1, -0.05) is 140 Å². The van der Waals surface area contributed by atoms with E-state index in [1.165, 1.54) is 16.3 Å². The number of aromatic nitrogens is 3. The minimum absolute atomic E-state index is 0.638. The fourth-order valence-corrected chi connectivity index (χ4v) is 6.48. The number of hydrogen-bond donors (Lipinski definition) is 0. The number of nitrogens with zero attached hydrogens (tertiary/aromatic N) is 3. The van der Waals surface area contributed by atoms with Crippen LogP contribution < -0.4 is 0 Å². The summed E-state index contributed by atoms with van der Waals surface area (Å²) < 4.78 is 6.26. The molecule has 9 rings (SSSR count).